The Hall–Kier alpha value is -2.20. The predicted octanol–water partition coefficient (Wildman–Crippen LogP) is 3.87. The van der Waals surface area contributed by atoms with Crippen LogP contribution in [0.1, 0.15) is 11.3 Å². The number of carbonyl (C=O) groups is 1. The molecule has 2 aromatic rings. The van der Waals surface area contributed by atoms with E-state index in [2.05, 4.69) is 5.32 Å². The van der Waals surface area contributed by atoms with Gasteiger partial charge in [0.1, 0.15) is 12.4 Å². The summed E-state index contributed by atoms with van der Waals surface area (Å²) < 4.78 is 10.2. The third-order valence-corrected chi connectivity index (χ3v) is 2.66. The Balaban J connectivity index is 1.66. The van der Waals surface area contributed by atoms with Gasteiger partial charge in [-0.05, 0) is 35.4 Å². The molecule has 1 heterocycles. The highest BCUT2D eigenvalue weighted by atomic mass is 35.5. The van der Waals surface area contributed by atoms with E-state index in [1.54, 1.807) is 24.3 Å². The summed E-state index contributed by atoms with van der Waals surface area (Å²) >= 11 is 5.63. The molecule has 0 aliphatic rings. The number of alkyl carbamates (subject to hydrolysis) is 1. The molecule has 20 heavy (non-hydrogen) atoms. The summed E-state index contributed by atoms with van der Waals surface area (Å²) in [5, 5.41) is 2.94. The van der Waals surface area contributed by atoms with Gasteiger partial charge in [0, 0.05) is 6.54 Å². The maximum Gasteiger partial charge on any atom is 0.407 e. The molecule has 0 spiro atoms. The molecule has 0 aliphatic heterocycles. The van der Waals surface area contributed by atoms with E-state index in [1.165, 1.54) is 0 Å². The van der Waals surface area contributed by atoms with Crippen LogP contribution in [-0.4, -0.2) is 12.6 Å². The molecule has 1 aromatic heterocycles. The summed E-state index contributed by atoms with van der Waals surface area (Å²) in [6.07, 6.45) is 3.01. The molecule has 0 unspecified atom stereocenters. The summed E-state index contributed by atoms with van der Waals surface area (Å²) in [4.78, 5) is 11.4. The van der Waals surface area contributed by atoms with E-state index in [1.807, 2.05) is 30.3 Å². The third kappa shape index (κ3) is 4.82. The normalized spacial score (nSPS) is 10.7. The lowest BCUT2D eigenvalue weighted by molar-refractivity contribution is 0.141. The predicted molar refractivity (Wildman–Crippen MR) is 77.4 cm³/mol. The molecule has 0 atom stereocenters. The monoisotopic (exact) mass is 291 g/mol. The fraction of sp³-hybridized carbons (Fsp3) is 0.133. The van der Waals surface area contributed by atoms with Gasteiger partial charge < -0.3 is 14.5 Å². The van der Waals surface area contributed by atoms with Crippen LogP contribution >= 0.6 is 11.6 Å². The number of amides is 1. The molecular formula is C15H14ClNO3. The highest BCUT2D eigenvalue weighted by Gasteiger charge is 2.00. The van der Waals surface area contributed by atoms with Gasteiger partial charge in [0.2, 0.25) is 0 Å². The Labute approximate surface area is 122 Å². The Morgan fingerprint density at radius 2 is 2.05 bits per heavy atom. The van der Waals surface area contributed by atoms with Crippen molar-refractivity contribution < 1.29 is 13.9 Å². The Morgan fingerprint density at radius 3 is 2.75 bits per heavy atom. The fourth-order valence-electron chi connectivity index (χ4n) is 1.51. The molecule has 0 saturated heterocycles. The van der Waals surface area contributed by atoms with Gasteiger partial charge in [-0.3, -0.25) is 0 Å². The number of ether oxygens (including phenoxy) is 1. The van der Waals surface area contributed by atoms with Crippen molar-refractivity contribution in [2.24, 2.45) is 0 Å². The van der Waals surface area contributed by atoms with Gasteiger partial charge in [-0.25, -0.2) is 4.79 Å². The summed E-state index contributed by atoms with van der Waals surface area (Å²) in [5.41, 5.74) is 0.948. The first-order valence-electron chi connectivity index (χ1n) is 6.10. The minimum absolute atomic E-state index is 0.254. The molecule has 2 rings (SSSR count). The fourth-order valence-corrected chi connectivity index (χ4v) is 1.66. The SMILES string of the molecule is O=C(NCC=Cc1ccc(Cl)o1)OCc1ccccc1. The van der Waals surface area contributed by atoms with E-state index in [0.717, 1.165) is 5.56 Å². The van der Waals surface area contributed by atoms with Crippen LogP contribution in [0.2, 0.25) is 5.22 Å². The number of furan rings is 1. The van der Waals surface area contributed by atoms with Crippen molar-refractivity contribution in [3.8, 4) is 0 Å². The number of nitrogens with one attached hydrogen (secondary N) is 1. The van der Waals surface area contributed by atoms with Crippen LogP contribution in [0.3, 0.4) is 0 Å². The summed E-state index contributed by atoms with van der Waals surface area (Å²) in [6.45, 7) is 0.607. The number of rotatable bonds is 5. The van der Waals surface area contributed by atoms with Crippen LogP contribution in [0.5, 0.6) is 0 Å². The van der Waals surface area contributed by atoms with Crippen LogP contribution in [0.4, 0.5) is 4.79 Å². The van der Waals surface area contributed by atoms with Crippen LogP contribution < -0.4 is 5.32 Å². The minimum Gasteiger partial charge on any atom is -0.445 e. The summed E-state index contributed by atoms with van der Waals surface area (Å²) in [5.74, 6) is 0.634. The molecule has 104 valence electrons. The number of hydrogen-bond acceptors (Lipinski definition) is 3. The van der Waals surface area contributed by atoms with Gasteiger partial charge in [0.25, 0.3) is 0 Å². The van der Waals surface area contributed by atoms with Crippen LogP contribution in [0.25, 0.3) is 6.08 Å². The molecule has 0 saturated carbocycles. The van der Waals surface area contributed by atoms with E-state index in [-0.39, 0.29) is 6.61 Å². The lowest BCUT2D eigenvalue weighted by Gasteiger charge is -2.04. The summed E-state index contributed by atoms with van der Waals surface area (Å²) in [6, 6.07) is 12.9. The Bertz CT molecular complexity index is 578. The maximum atomic E-state index is 11.4. The molecule has 5 heteroatoms. The van der Waals surface area contributed by atoms with Crippen molar-refractivity contribution in [3.05, 3.63) is 65.1 Å². The van der Waals surface area contributed by atoms with Gasteiger partial charge in [-0.1, -0.05) is 36.4 Å². The number of benzene rings is 1. The average molecular weight is 292 g/mol. The molecule has 0 radical (unpaired) electrons. The second-order valence-electron chi connectivity index (χ2n) is 3.99. The van der Waals surface area contributed by atoms with E-state index < -0.39 is 6.09 Å². The molecule has 0 aliphatic carbocycles. The lowest BCUT2D eigenvalue weighted by atomic mass is 10.2. The van der Waals surface area contributed by atoms with Crippen LogP contribution in [0, 0.1) is 0 Å². The third-order valence-electron chi connectivity index (χ3n) is 2.45. The molecule has 0 bridgehead atoms. The van der Waals surface area contributed by atoms with Crippen molar-refractivity contribution in [1.29, 1.82) is 0 Å². The van der Waals surface area contributed by atoms with Crippen molar-refractivity contribution in [1.82, 2.24) is 5.32 Å². The second-order valence-corrected chi connectivity index (χ2v) is 4.36. The van der Waals surface area contributed by atoms with Gasteiger partial charge in [-0.2, -0.15) is 0 Å². The first-order chi connectivity index (χ1) is 9.74. The zero-order chi connectivity index (χ0) is 14.2. The molecular weight excluding hydrogens is 278 g/mol. The molecule has 1 amide bonds. The summed E-state index contributed by atoms with van der Waals surface area (Å²) in [7, 11) is 0. The van der Waals surface area contributed by atoms with Crippen LogP contribution in [-0.2, 0) is 11.3 Å². The lowest BCUT2D eigenvalue weighted by Crippen LogP contribution is -2.24. The zero-order valence-electron chi connectivity index (χ0n) is 10.7. The first-order valence-corrected chi connectivity index (χ1v) is 6.48. The van der Waals surface area contributed by atoms with Gasteiger partial charge in [-0.15, -0.1) is 0 Å². The number of carbonyl (C=O) groups excluding carboxylic acids is 1. The molecule has 1 N–H and O–H groups in total. The van der Waals surface area contributed by atoms with Crippen molar-refractivity contribution in [2.75, 3.05) is 6.54 Å². The van der Waals surface area contributed by atoms with Gasteiger partial charge >= 0.3 is 6.09 Å². The van der Waals surface area contributed by atoms with Gasteiger partial charge in [0.15, 0.2) is 5.22 Å². The number of hydrogen-bond donors (Lipinski definition) is 1. The zero-order valence-corrected chi connectivity index (χ0v) is 11.5. The standard InChI is InChI=1S/C15H14ClNO3/c16-14-9-8-13(20-14)7-4-10-17-15(18)19-11-12-5-2-1-3-6-12/h1-9H,10-11H2,(H,17,18). The Morgan fingerprint density at radius 1 is 1.25 bits per heavy atom. The van der Waals surface area contributed by atoms with E-state index in [4.69, 9.17) is 20.8 Å². The smallest absolute Gasteiger partial charge is 0.407 e. The van der Waals surface area contributed by atoms with E-state index in [0.29, 0.717) is 17.5 Å². The molecule has 0 fully saturated rings. The molecule has 1 aromatic carbocycles. The van der Waals surface area contributed by atoms with E-state index >= 15 is 0 Å². The van der Waals surface area contributed by atoms with Crippen molar-refractivity contribution in [3.63, 3.8) is 0 Å². The molecule has 4 nitrogen and oxygen atoms in total. The topological polar surface area (TPSA) is 51.5 Å². The maximum absolute atomic E-state index is 11.4. The van der Waals surface area contributed by atoms with Gasteiger partial charge in [0.05, 0.1) is 0 Å². The first kappa shape index (κ1) is 14.2. The second kappa shape index (κ2) is 7.40. The van der Waals surface area contributed by atoms with Crippen molar-refractivity contribution in [2.45, 2.75) is 6.61 Å². The van der Waals surface area contributed by atoms with Crippen LogP contribution in [0.15, 0.2) is 53.0 Å². The van der Waals surface area contributed by atoms with E-state index in [9.17, 15) is 4.79 Å². The highest BCUT2D eigenvalue weighted by molar-refractivity contribution is 6.28. The minimum atomic E-state index is -0.462. The Kier molecular flexibility index (Phi) is 5.26. The quantitative estimate of drug-likeness (QED) is 0.909. The van der Waals surface area contributed by atoms with Crippen molar-refractivity contribution >= 4 is 23.8 Å². The highest BCUT2D eigenvalue weighted by Crippen LogP contribution is 2.13. The number of halogens is 1. The average Bonchev–Trinajstić information content (AvgIpc) is 2.88. The largest absolute Gasteiger partial charge is 0.445 e.